The number of nitrogens with one attached hydrogen (secondary N) is 1. The fourth-order valence-corrected chi connectivity index (χ4v) is 5.32. The summed E-state index contributed by atoms with van der Waals surface area (Å²) in [6, 6.07) is 20.4. The van der Waals surface area contributed by atoms with Crippen LogP contribution in [0.4, 0.5) is 5.69 Å². The number of amides is 2. The number of nitrogens with zero attached hydrogens (tertiary/aromatic N) is 2. The first-order valence-electron chi connectivity index (χ1n) is 12.2. The van der Waals surface area contributed by atoms with Gasteiger partial charge in [0.15, 0.2) is 0 Å². The van der Waals surface area contributed by atoms with Gasteiger partial charge in [0.05, 0.1) is 17.7 Å². The molecule has 202 valence electrons. The molecular formula is C28H32ClN3O5S. The van der Waals surface area contributed by atoms with E-state index in [-0.39, 0.29) is 23.0 Å². The molecule has 3 aromatic carbocycles. The van der Waals surface area contributed by atoms with Crippen LogP contribution >= 0.6 is 11.6 Å². The van der Waals surface area contributed by atoms with E-state index in [2.05, 4.69) is 5.32 Å². The van der Waals surface area contributed by atoms with E-state index in [1.807, 2.05) is 6.92 Å². The number of carbonyl (C=O) groups excluding carboxylic acids is 2. The first kappa shape index (κ1) is 29.0. The van der Waals surface area contributed by atoms with Gasteiger partial charge in [0, 0.05) is 18.1 Å². The van der Waals surface area contributed by atoms with Crippen molar-refractivity contribution in [1.29, 1.82) is 0 Å². The standard InChI is InChI=1S/C28H32ClN3O5S/c1-4-18-30-28(34)21(2)31(19-22-10-16-25(37-3)17-11-22)27(33)20-32(24-14-12-23(29)13-15-24)38(35,36)26-8-6-5-7-9-26/h5-17,21H,4,18-20H2,1-3H3,(H,30,34). The molecule has 0 bridgehead atoms. The molecule has 0 aliphatic carbocycles. The highest BCUT2D eigenvalue weighted by atomic mass is 35.5. The Morgan fingerprint density at radius 3 is 2.18 bits per heavy atom. The number of benzene rings is 3. The van der Waals surface area contributed by atoms with Gasteiger partial charge in [0.1, 0.15) is 18.3 Å². The smallest absolute Gasteiger partial charge is 0.264 e. The summed E-state index contributed by atoms with van der Waals surface area (Å²) in [5.41, 5.74) is 1.04. The third-order valence-corrected chi connectivity index (χ3v) is 7.99. The molecule has 0 aliphatic heterocycles. The van der Waals surface area contributed by atoms with Gasteiger partial charge in [-0.25, -0.2) is 8.42 Å². The minimum atomic E-state index is -4.11. The lowest BCUT2D eigenvalue weighted by Crippen LogP contribution is -2.51. The molecule has 3 aromatic rings. The number of hydrogen-bond donors (Lipinski definition) is 1. The second kappa shape index (κ2) is 13.3. The average Bonchev–Trinajstić information content (AvgIpc) is 2.94. The largest absolute Gasteiger partial charge is 0.497 e. The normalized spacial score (nSPS) is 11.9. The zero-order valence-corrected chi connectivity index (χ0v) is 23.2. The van der Waals surface area contributed by atoms with E-state index in [0.717, 1.165) is 16.3 Å². The highest BCUT2D eigenvalue weighted by Crippen LogP contribution is 2.26. The Balaban J connectivity index is 1.99. The van der Waals surface area contributed by atoms with Gasteiger partial charge in [0.25, 0.3) is 10.0 Å². The van der Waals surface area contributed by atoms with Gasteiger partial charge in [-0.15, -0.1) is 0 Å². The van der Waals surface area contributed by atoms with Gasteiger partial charge < -0.3 is 15.0 Å². The minimum Gasteiger partial charge on any atom is -0.497 e. The quantitative estimate of drug-likeness (QED) is 0.354. The summed E-state index contributed by atoms with van der Waals surface area (Å²) in [6.45, 7) is 3.62. The summed E-state index contributed by atoms with van der Waals surface area (Å²) >= 11 is 6.04. The molecular weight excluding hydrogens is 526 g/mol. The van der Waals surface area contributed by atoms with E-state index >= 15 is 0 Å². The maximum atomic E-state index is 13.8. The van der Waals surface area contributed by atoms with Gasteiger partial charge in [-0.2, -0.15) is 0 Å². The summed E-state index contributed by atoms with van der Waals surface area (Å²) in [6.07, 6.45) is 0.741. The zero-order chi connectivity index (χ0) is 27.7. The number of carbonyl (C=O) groups is 2. The van der Waals surface area contributed by atoms with Crippen molar-refractivity contribution in [2.45, 2.75) is 37.8 Å². The highest BCUT2D eigenvalue weighted by molar-refractivity contribution is 7.92. The Hall–Kier alpha value is -3.56. The lowest BCUT2D eigenvalue weighted by molar-refractivity contribution is -0.139. The number of sulfonamides is 1. The second-order valence-electron chi connectivity index (χ2n) is 8.64. The average molecular weight is 558 g/mol. The number of hydrogen-bond acceptors (Lipinski definition) is 5. The van der Waals surface area contributed by atoms with Crippen LogP contribution in [0, 0.1) is 0 Å². The second-order valence-corrected chi connectivity index (χ2v) is 10.9. The maximum absolute atomic E-state index is 13.8. The molecule has 0 aromatic heterocycles. The molecule has 0 fully saturated rings. The fourth-order valence-electron chi connectivity index (χ4n) is 3.76. The molecule has 2 amide bonds. The number of rotatable bonds is 12. The van der Waals surface area contributed by atoms with Crippen LogP contribution in [-0.2, 0) is 26.2 Å². The number of anilines is 1. The summed E-state index contributed by atoms with van der Waals surface area (Å²) in [4.78, 5) is 28.1. The molecule has 1 unspecified atom stereocenters. The Bertz CT molecular complexity index is 1320. The summed E-state index contributed by atoms with van der Waals surface area (Å²) in [5, 5.41) is 3.25. The van der Waals surface area contributed by atoms with Crippen molar-refractivity contribution in [3.05, 3.63) is 89.4 Å². The molecule has 1 N–H and O–H groups in total. The zero-order valence-electron chi connectivity index (χ0n) is 21.6. The van der Waals surface area contributed by atoms with Crippen LogP contribution in [0.15, 0.2) is 83.8 Å². The van der Waals surface area contributed by atoms with E-state index < -0.39 is 28.5 Å². The number of halogens is 1. The monoisotopic (exact) mass is 557 g/mol. The predicted molar refractivity (Wildman–Crippen MR) is 149 cm³/mol. The molecule has 0 saturated carbocycles. The van der Waals surface area contributed by atoms with Crippen LogP contribution < -0.4 is 14.4 Å². The number of ether oxygens (including phenoxy) is 1. The molecule has 3 rings (SSSR count). The van der Waals surface area contributed by atoms with Crippen LogP contribution in [0.2, 0.25) is 5.02 Å². The third kappa shape index (κ3) is 7.26. The van der Waals surface area contributed by atoms with Gasteiger partial charge in [-0.3, -0.25) is 13.9 Å². The SMILES string of the molecule is CCCNC(=O)C(C)N(Cc1ccc(OC)cc1)C(=O)CN(c1ccc(Cl)cc1)S(=O)(=O)c1ccccc1. The summed E-state index contributed by atoms with van der Waals surface area (Å²) in [5.74, 6) is -0.199. The molecule has 38 heavy (non-hydrogen) atoms. The van der Waals surface area contributed by atoms with Gasteiger partial charge in [-0.05, 0) is 67.4 Å². The highest BCUT2D eigenvalue weighted by Gasteiger charge is 2.32. The third-order valence-electron chi connectivity index (χ3n) is 5.95. The Labute approximate surface area is 229 Å². The van der Waals surface area contributed by atoms with Crippen molar-refractivity contribution < 1.29 is 22.7 Å². The molecule has 1 atom stereocenters. The van der Waals surface area contributed by atoms with Crippen molar-refractivity contribution in [3.8, 4) is 5.75 Å². The molecule has 8 nitrogen and oxygen atoms in total. The van der Waals surface area contributed by atoms with Crippen molar-refractivity contribution in [1.82, 2.24) is 10.2 Å². The van der Waals surface area contributed by atoms with E-state index in [1.165, 1.54) is 17.0 Å². The van der Waals surface area contributed by atoms with Gasteiger partial charge >= 0.3 is 0 Å². The molecule has 0 saturated heterocycles. The first-order chi connectivity index (χ1) is 18.2. The lowest BCUT2D eigenvalue weighted by Gasteiger charge is -2.32. The lowest BCUT2D eigenvalue weighted by atomic mass is 10.1. The molecule has 0 aliphatic rings. The van der Waals surface area contributed by atoms with Gasteiger partial charge in [0.2, 0.25) is 11.8 Å². The Kier molecular flexibility index (Phi) is 10.2. The van der Waals surface area contributed by atoms with Crippen LogP contribution in [0.1, 0.15) is 25.8 Å². The van der Waals surface area contributed by atoms with Crippen molar-refractivity contribution in [2.75, 3.05) is 24.5 Å². The van der Waals surface area contributed by atoms with Crippen molar-refractivity contribution in [3.63, 3.8) is 0 Å². The van der Waals surface area contributed by atoms with Crippen LogP contribution in [0.5, 0.6) is 5.75 Å². The Morgan fingerprint density at radius 1 is 0.974 bits per heavy atom. The van der Waals surface area contributed by atoms with E-state index in [0.29, 0.717) is 17.3 Å². The van der Waals surface area contributed by atoms with Crippen molar-refractivity contribution in [2.24, 2.45) is 0 Å². The van der Waals surface area contributed by atoms with Crippen LogP contribution in [-0.4, -0.2) is 51.4 Å². The van der Waals surface area contributed by atoms with E-state index in [9.17, 15) is 18.0 Å². The van der Waals surface area contributed by atoms with E-state index in [4.69, 9.17) is 16.3 Å². The fraction of sp³-hybridized carbons (Fsp3) is 0.286. The minimum absolute atomic E-state index is 0.0400. The van der Waals surface area contributed by atoms with Crippen LogP contribution in [0.3, 0.4) is 0 Å². The van der Waals surface area contributed by atoms with Crippen molar-refractivity contribution >= 4 is 39.1 Å². The maximum Gasteiger partial charge on any atom is 0.264 e. The topological polar surface area (TPSA) is 96.0 Å². The first-order valence-corrected chi connectivity index (χ1v) is 14.0. The van der Waals surface area contributed by atoms with E-state index in [1.54, 1.807) is 80.8 Å². The molecule has 0 heterocycles. The molecule has 0 spiro atoms. The summed E-state index contributed by atoms with van der Waals surface area (Å²) in [7, 11) is -2.55. The van der Waals surface area contributed by atoms with Crippen LogP contribution in [0.25, 0.3) is 0 Å². The summed E-state index contributed by atoms with van der Waals surface area (Å²) < 4.78 is 33.6. The Morgan fingerprint density at radius 2 is 1.61 bits per heavy atom. The number of methoxy groups -OCH3 is 1. The molecule has 10 heteroatoms. The predicted octanol–water partition coefficient (Wildman–Crippen LogP) is 4.49. The van der Waals surface area contributed by atoms with Gasteiger partial charge in [-0.1, -0.05) is 48.9 Å². The molecule has 0 radical (unpaired) electrons.